The Morgan fingerprint density at radius 3 is 2.73 bits per heavy atom. The lowest BCUT2D eigenvalue weighted by Crippen LogP contribution is -2.36. The number of benzene rings is 1. The van der Waals surface area contributed by atoms with Crippen molar-refractivity contribution < 1.29 is 23.8 Å². The zero-order chi connectivity index (χ0) is 19.1. The Hall–Kier alpha value is -2.21. The van der Waals surface area contributed by atoms with Crippen molar-refractivity contribution >= 4 is 29.6 Å². The Balaban J connectivity index is 1.89. The number of hydrogen-bond acceptors (Lipinski definition) is 5. The normalized spacial score (nSPS) is 14.8. The maximum absolute atomic E-state index is 11.8. The van der Waals surface area contributed by atoms with Crippen molar-refractivity contribution in [1.29, 1.82) is 0 Å². The molecule has 1 amide bonds. The number of carbonyl (C=O) groups excluding carboxylic acids is 2. The zero-order valence-corrected chi connectivity index (χ0v) is 16.0. The molecule has 0 unspecified atom stereocenters. The molecule has 26 heavy (non-hydrogen) atoms. The maximum atomic E-state index is 11.8. The third kappa shape index (κ3) is 5.95. The van der Waals surface area contributed by atoms with Crippen LogP contribution in [0.1, 0.15) is 32.3 Å². The van der Waals surface area contributed by atoms with Crippen LogP contribution in [0, 0.1) is 5.92 Å². The Kier molecular flexibility index (Phi) is 7.33. The van der Waals surface area contributed by atoms with Crippen molar-refractivity contribution in [3.05, 3.63) is 28.8 Å². The van der Waals surface area contributed by atoms with E-state index in [2.05, 4.69) is 5.32 Å². The molecule has 0 saturated heterocycles. The molecule has 142 valence electrons. The fraction of sp³-hybridized carbons (Fsp3) is 0.474. The van der Waals surface area contributed by atoms with Gasteiger partial charge < -0.3 is 19.5 Å². The number of ether oxygens (including phenoxy) is 3. The Bertz CT molecular complexity index is 685. The molecule has 0 spiro atoms. The molecule has 1 saturated carbocycles. The van der Waals surface area contributed by atoms with Crippen LogP contribution in [0.2, 0.25) is 5.02 Å². The van der Waals surface area contributed by atoms with Crippen LogP contribution in [0.5, 0.6) is 11.5 Å². The van der Waals surface area contributed by atoms with Gasteiger partial charge in [-0.05, 0) is 56.4 Å². The van der Waals surface area contributed by atoms with E-state index < -0.39 is 5.97 Å². The van der Waals surface area contributed by atoms with Gasteiger partial charge in [-0.25, -0.2) is 4.79 Å². The van der Waals surface area contributed by atoms with Crippen molar-refractivity contribution in [3.8, 4) is 11.5 Å². The fourth-order valence-electron chi connectivity index (χ4n) is 2.50. The van der Waals surface area contributed by atoms with E-state index in [1.165, 1.54) is 13.2 Å². The van der Waals surface area contributed by atoms with Crippen LogP contribution in [-0.2, 0) is 14.3 Å². The predicted molar refractivity (Wildman–Crippen MR) is 99.5 cm³/mol. The SMILES string of the molecule is CCOc1cc(/C=C/C(=O)OCC(=O)N[C@@H](C)C2CC2)cc(Cl)c1OC. The molecule has 0 aliphatic heterocycles. The molecule has 1 aromatic carbocycles. The van der Waals surface area contributed by atoms with Gasteiger partial charge in [0.2, 0.25) is 0 Å². The molecule has 1 aliphatic rings. The van der Waals surface area contributed by atoms with Crippen LogP contribution in [0.15, 0.2) is 18.2 Å². The summed E-state index contributed by atoms with van der Waals surface area (Å²) in [6.45, 7) is 3.97. The van der Waals surface area contributed by atoms with E-state index in [1.54, 1.807) is 18.2 Å². The van der Waals surface area contributed by atoms with Crippen LogP contribution in [0.4, 0.5) is 0 Å². The van der Waals surface area contributed by atoms with E-state index >= 15 is 0 Å². The molecule has 1 aromatic rings. The lowest BCUT2D eigenvalue weighted by Gasteiger charge is -2.12. The van der Waals surface area contributed by atoms with Crippen LogP contribution >= 0.6 is 11.6 Å². The number of halogens is 1. The van der Waals surface area contributed by atoms with Crippen molar-refractivity contribution in [2.75, 3.05) is 20.3 Å². The Labute approximate surface area is 158 Å². The summed E-state index contributed by atoms with van der Waals surface area (Å²) in [4.78, 5) is 23.5. The molecule has 6 nitrogen and oxygen atoms in total. The van der Waals surface area contributed by atoms with E-state index in [4.69, 9.17) is 25.8 Å². The second kappa shape index (κ2) is 9.48. The molecule has 1 aliphatic carbocycles. The first-order valence-electron chi connectivity index (χ1n) is 8.59. The van der Waals surface area contributed by atoms with Crippen LogP contribution in [0.3, 0.4) is 0 Å². The van der Waals surface area contributed by atoms with Gasteiger partial charge in [-0.3, -0.25) is 4.79 Å². The van der Waals surface area contributed by atoms with Gasteiger partial charge in [-0.15, -0.1) is 0 Å². The zero-order valence-electron chi connectivity index (χ0n) is 15.2. The van der Waals surface area contributed by atoms with Crippen molar-refractivity contribution in [3.63, 3.8) is 0 Å². The van der Waals surface area contributed by atoms with E-state index in [-0.39, 0.29) is 18.6 Å². The van der Waals surface area contributed by atoms with Gasteiger partial charge in [-0.1, -0.05) is 11.6 Å². The first kappa shape index (κ1) is 20.1. The average Bonchev–Trinajstić information content (AvgIpc) is 3.43. The molecule has 1 atom stereocenters. The molecule has 0 radical (unpaired) electrons. The lowest BCUT2D eigenvalue weighted by molar-refractivity contribution is -0.144. The highest BCUT2D eigenvalue weighted by Gasteiger charge is 2.28. The highest BCUT2D eigenvalue weighted by Crippen LogP contribution is 2.36. The molecular weight excluding hydrogens is 358 g/mol. The average molecular weight is 382 g/mol. The van der Waals surface area contributed by atoms with Crippen LogP contribution in [0.25, 0.3) is 6.08 Å². The van der Waals surface area contributed by atoms with E-state index in [0.29, 0.717) is 34.6 Å². The van der Waals surface area contributed by atoms with Crippen molar-refractivity contribution in [2.24, 2.45) is 5.92 Å². The quantitative estimate of drug-likeness (QED) is 0.525. The Morgan fingerprint density at radius 2 is 2.12 bits per heavy atom. The van der Waals surface area contributed by atoms with E-state index in [1.807, 2.05) is 13.8 Å². The number of nitrogens with one attached hydrogen (secondary N) is 1. The summed E-state index contributed by atoms with van der Waals surface area (Å²) in [5.41, 5.74) is 0.656. The van der Waals surface area contributed by atoms with Gasteiger partial charge in [0.15, 0.2) is 18.1 Å². The number of rotatable bonds is 9. The number of carbonyl (C=O) groups is 2. The topological polar surface area (TPSA) is 73.9 Å². The molecule has 1 fully saturated rings. The third-order valence-corrected chi connectivity index (χ3v) is 4.29. The summed E-state index contributed by atoms with van der Waals surface area (Å²) in [6.07, 6.45) is 5.06. The summed E-state index contributed by atoms with van der Waals surface area (Å²) in [5, 5.41) is 3.20. The van der Waals surface area contributed by atoms with Crippen LogP contribution < -0.4 is 14.8 Å². The lowest BCUT2D eigenvalue weighted by atomic mass is 10.2. The summed E-state index contributed by atoms with van der Waals surface area (Å²) < 4.78 is 15.6. The molecular formula is C19H24ClNO5. The third-order valence-electron chi connectivity index (χ3n) is 4.01. The van der Waals surface area contributed by atoms with Gasteiger partial charge in [0.25, 0.3) is 5.91 Å². The Morgan fingerprint density at radius 1 is 1.38 bits per heavy atom. The monoisotopic (exact) mass is 381 g/mol. The predicted octanol–water partition coefficient (Wildman–Crippen LogP) is 3.22. The molecule has 0 aromatic heterocycles. The molecule has 2 rings (SSSR count). The smallest absolute Gasteiger partial charge is 0.331 e. The van der Waals surface area contributed by atoms with Crippen LogP contribution in [-0.4, -0.2) is 38.2 Å². The summed E-state index contributed by atoms with van der Waals surface area (Å²) >= 11 is 6.16. The maximum Gasteiger partial charge on any atom is 0.331 e. The second-order valence-corrected chi connectivity index (χ2v) is 6.51. The molecule has 0 heterocycles. The van der Waals surface area contributed by atoms with Gasteiger partial charge in [0.05, 0.1) is 18.7 Å². The second-order valence-electron chi connectivity index (χ2n) is 6.10. The number of methoxy groups -OCH3 is 1. The fourth-order valence-corrected chi connectivity index (χ4v) is 2.80. The standard InChI is InChI=1S/C19H24ClNO5/c1-4-25-16-10-13(9-15(20)19(16)24-3)5-8-18(23)26-11-17(22)21-12(2)14-6-7-14/h5,8-10,12,14H,4,6-7,11H2,1-3H3,(H,21,22)/b8-5+/t12-/m0/s1. The first-order chi connectivity index (χ1) is 12.4. The highest BCUT2D eigenvalue weighted by atomic mass is 35.5. The van der Waals surface area contributed by atoms with Crippen molar-refractivity contribution in [2.45, 2.75) is 32.7 Å². The largest absolute Gasteiger partial charge is 0.491 e. The summed E-state index contributed by atoms with van der Waals surface area (Å²) in [7, 11) is 1.51. The number of esters is 1. The number of amides is 1. The highest BCUT2D eigenvalue weighted by molar-refractivity contribution is 6.32. The molecule has 1 N–H and O–H groups in total. The summed E-state index contributed by atoms with van der Waals surface area (Å²) in [6, 6.07) is 3.48. The summed E-state index contributed by atoms with van der Waals surface area (Å²) in [5.74, 6) is 0.578. The minimum absolute atomic E-state index is 0.121. The molecule has 0 bridgehead atoms. The molecule has 7 heteroatoms. The number of hydrogen-bond donors (Lipinski definition) is 1. The van der Waals surface area contributed by atoms with Gasteiger partial charge in [0.1, 0.15) is 0 Å². The van der Waals surface area contributed by atoms with Gasteiger partial charge in [-0.2, -0.15) is 0 Å². The first-order valence-corrected chi connectivity index (χ1v) is 8.97. The van der Waals surface area contributed by atoms with E-state index in [0.717, 1.165) is 12.8 Å². The minimum atomic E-state index is -0.607. The van der Waals surface area contributed by atoms with Crippen molar-refractivity contribution in [1.82, 2.24) is 5.32 Å². The van der Waals surface area contributed by atoms with Gasteiger partial charge >= 0.3 is 5.97 Å². The van der Waals surface area contributed by atoms with Gasteiger partial charge in [0, 0.05) is 12.1 Å². The van der Waals surface area contributed by atoms with E-state index in [9.17, 15) is 9.59 Å². The minimum Gasteiger partial charge on any atom is -0.491 e.